The highest BCUT2D eigenvalue weighted by molar-refractivity contribution is 6.30. The number of aliphatic imine (C=N–C) groups is 1. The van der Waals surface area contributed by atoms with Crippen molar-refractivity contribution in [3.8, 4) is 0 Å². The molecule has 44 heavy (non-hydrogen) atoms. The molecular weight excluding hydrogens is 603 g/mol. The van der Waals surface area contributed by atoms with E-state index in [1.165, 1.54) is 6.42 Å². The van der Waals surface area contributed by atoms with Gasteiger partial charge in [0.15, 0.2) is 5.96 Å². The van der Waals surface area contributed by atoms with Gasteiger partial charge in [0.25, 0.3) is 0 Å². The quantitative estimate of drug-likeness (QED) is 0.229. The summed E-state index contributed by atoms with van der Waals surface area (Å²) in [6, 6.07) is 14.1. The highest BCUT2D eigenvalue weighted by Gasteiger charge is 2.38. The van der Waals surface area contributed by atoms with Crippen molar-refractivity contribution in [3.63, 3.8) is 0 Å². The first-order valence-corrected chi connectivity index (χ1v) is 14.3. The third-order valence-electron chi connectivity index (χ3n) is 6.87. The number of nitrogens with two attached hydrogens (primary N) is 1. The van der Waals surface area contributed by atoms with Gasteiger partial charge >= 0.3 is 12.1 Å². The van der Waals surface area contributed by atoms with Gasteiger partial charge < -0.3 is 16.2 Å². The van der Waals surface area contributed by atoms with Crippen LogP contribution in [-0.4, -0.2) is 53.3 Å². The highest BCUT2D eigenvalue weighted by atomic mass is 35.5. The molecule has 0 bridgehead atoms. The summed E-state index contributed by atoms with van der Waals surface area (Å²) >= 11 is 5.91. The molecule has 11 nitrogen and oxygen atoms in total. The number of hydrogen-bond donors (Lipinski definition) is 4. The van der Waals surface area contributed by atoms with Crippen LogP contribution in [0.5, 0.6) is 0 Å². The largest absolute Gasteiger partial charge is 0.490 e. The fourth-order valence-corrected chi connectivity index (χ4v) is 4.74. The number of benzene rings is 2. The van der Waals surface area contributed by atoms with Crippen molar-refractivity contribution in [3.05, 3.63) is 70.2 Å². The van der Waals surface area contributed by atoms with Crippen LogP contribution in [0.1, 0.15) is 55.2 Å². The number of nitrogens with one attached hydrogen (secondary N) is 2. The number of amides is 2. The van der Waals surface area contributed by atoms with Crippen LogP contribution in [0.15, 0.2) is 69.0 Å². The van der Waals surface area contributed by atoms with Gasteiger partial charge in [0, 0.05) is 11.6 Å². The SMILES string of the molecule is NC(=N[C@H](CC1CCCCC1)C(=O)NCc1ccc(C2=NN=NC2)cc1)NC(=O)Cc1ccc(Cl)cc1.O=C(O)C(F)(F)F. The number of halogens is 4. The number of nitrogens with zero attached hydrogens (tertiary/aromatic N) is 4. The minimum Gasteiger partial charge on any atom is -0.475 e. The fraction of sp³-hybridized carbons (Fsp3) is 0.414. The van der Waals surface area contributed by atoms with Crippen LogP contribution in [0, 0.1) is 5.92 Å². The smallest absolute Gasteiger partial charge is 0.475 e. The van der Waals surface area contributed by atoms with E-state index in [-0.39, 0.29) is 24.2 Å². The molecule has 2 aromatic rings. The Bertz CT molecular complexity index is 1370. The second kappa shape index (κ2) is 16.5. The molecule has 1 aliphatic heterocycles. The number of carbonyl (C=O) groups is 3. The molecule has 2 aliphatic rings. The molecule has 0 spiro atoms. The molecule has 2 aromatic carbocycles. The summed E-state index contributed by atoms with van der Waals surface area (Å²) in [6.07, 6.45) is 1.35. The number of carbonyl (C=O) groups excluding carboxylic acids is 2. The lowest BCUT2D eigenvalue weighted by molar-refractivity contribution is -0.192. The zero-order valence-corrected chi connectivity index (χ0v) is 24.4. The molecule has 0 unspecified atom stereocenters. The number of carboxylic acid groups (broad SMARTS) is 1. The van der Waals surface area contributed by atoms with Crippen LogP contribution in [0.25, 0.3) is 0 Å². The van der Waals surface area contributed by atoms with Gasteiger partial charge in [-0.2, -0.15) is 18.3 Å². The molecule has 1 fully saturated rings. The minimum absolute atomic E-state index is 0.0487. The lowest BCUT2D eigenvalue weighted by atomic mass is 9.84. The third-order valence-corrected chi connectivity index (χ3v) is 7.12. The Morgan fingerprint density at radius 1 is 1.02 bits per heavy atom. The van der Waals surface area contributed by atoms with E-state index in [4.69, 9.17) is 27.2 Å². The average Bonchev–Trinajstić information content (AvgIpc) is 3.53. The Kier molecular flexibility index (Phi) is 12.8. The van der Waals surface area contributed by atoms with E-state index in [0.29, 0.717) is 30.5 Å². The van der Waals surface area contributed by atoms with Crippen LogP contribution in [0.3, 0.4) is 0 Å². The van der Waals surface area contributed by atoms with E-state index >= 15 is 0 Å². The Morgan fingerprint density at radius 2 is 1.64 bits per heavy atom. The summed E-state index contributed by atoms with van der Waals surface area (Å²) in [7, 11) is 0. The van der Waals surface area contributed by atoms with Gasteiger partial charge in [-0.15, -0.1) is 5.10 Å². The number of hydrogen-bond acceptors (Lipinski definition) is 7. The Labute approximate surface area is 256 Å². The first kappa shape index (κ1) is 34.2. The van der Waals surface area contributed by atoms with Gasteiger partial charge in [0.05, 0.1) is 12.1 Å². The van der Waals surface area contributed by atoms with E-state index in [9.17, 15) is 22.8 Å². The maximum absolute atomic E-state index is 13.2. The molecule has 0 aromatic heterocycles. The summed E-state index contributed by atoms with van der Waals surface area (Å²) in [5, 5.41) is 24.9. The first-order valence-electron chi connectivity index (χ1n) is 13.9. The van der Waals surface area contributed by atoms with Crippen molar-refractivity contribution < 1.29 is 32.7 Å². The van der Waals surface area contributed by atoms with Crippen LogP contribution < -0.4 is 16.4 Å². The van der Waals surface area contributed by atoms with Crippen LogP contribution in [-0.2, 0) is 27.3 Å². The molecule has 0 radical (unpaired) electrons. The predicted molar refractivity (Wildman–Crippen MR) is 158 cm³/mol. The Morgan fingerprint density at radius 3 is 2.20 bits per heavy atom. The molecule has 0 saturated heterocycles. The molecule has 1 heterocycles. The Hall–Kier alpha value is -4.33. The molecule has 1 saturated carbocycles. The molecule has 15 heteroatoms. The van der Waals surface area contributed by atoms with Crippen LogP contribution >= 0.6 is 11.6 Å². The van der Waals surface area contributed by atoms with Gasteiger partial charge in [-0.25, -0.2) is 9.79 Å². The third kappa shape index (κ3) is 11.7. The molecular formula is C29H33ClF3N7O4. The summed E-state index contributed by atoms with van der Waals surface area (Å²) < 4.78 is 31.7. The van der Waals surface area contributed by atoms with Crippen molar-refractivity contribution in [2.24, 2.45) is 32.1 Å². The van der Waals surface area contributed by atoms with E-state index in [1.807, 2.05) is 24.3 Å². The van der Waals surface area contributed by atoms with E-state index in [1.54, 1.807) is 24.3 Å². The Balaban J connectivity index is 0.000000676. The van der Waals surface area contributed by atoms with Gasteiger partial charge in [0.1, 0.15) is 12.6 Å². The summed E-state index contributed by atoms with van der Waals surface area (Å²) in [4.78, 5) is 39.0. The number of carboxylic acids is 1. The standard InChI is InChI=1S/C27H32ClN7O2.C2HF3O2/c28-22-12-8-19(9-13-22)15-25(36)33-27(29)32-23(14-18-4-2-1-3-5-18)26(37)30-16-20-6-10-21(11-7-20)24-17-31-35-34-24;3-2(4,5)1(6)7/h6-13,18,23H,1-5,14-17H2,(H,30,37)(H3,29,32,33,36);(H,6,7)/t23-;/m1./s1. The van der Waals surface area contributed by atoms with Crippen molar-refractivity contribution >= 4 is 41.1 Å². The maximum atomic E-state index is 13.2. The van der Waals surface area contributed by atoms with E-state index < -0.39 is 18.2 Å². The normalized spacial score (nSPS) is 15.9. The van der Waals surface area contributed by atoms with Gasteiger partial charge in [-0.3, -0.25) is 14.9 Å². The van der Waals surface area contributed by atoms with E-state index in [0.717, 1.165) is 48.1 Å². The zero-order chi connectivity index (χ0) is 32.1. The predicted octanol–water partition coefficient (Wildman–Crippen LogP) is 4.77. The molecule has 2 amide bonds. The second-order valence-electron chi connectivity index (χ2n) is 10.3. The van der Waals surface area contributed by atoms with Gasteiger partial charge in [0.2, 0.25) is 11.8 Å². The number of guanidine groups is 1. The highest BCUT2D eigenvalue weighted by Crippen LogP contribution is 2.28. The van der Waals surface area contributed by atoms with Gasteiger partial charge in [-0.1, -0.05) is 80.1 Å². The molecule has 4 rings (SSSR count). The number of aliphatic carboxylic acids is 1. The summed E-state index contributed by atoms with van der Waals surface area (Å²) in [6.45, 7) is 0.842. The first-order chi connectivity index (χ1) is 20.9. The fourth-order valence-electron chi connectivity index (χ4n) is 4.62. The van der Waals surface area contributed by atoms with E-state index in [2.05, 4.69) is 31.1 Å². The zero-order valence-electron chi connectivity index (χ0n) is 23.7. The van der Waals surface area contributed by atoms with Crippen molar-refractivity contribution in [1.82, 2.24) is 10.6 Å². The molecule has 1 aliphatic carbocycles. The topological polar surface area (TPSA) is 171 Å². The maximum Gasteiger partial charge on any atom is 0.490 e. The van der Waals surface area contributed by atoms with Crippen molar-refractivity contribution in [2.75, 3.05) is 6.54 Å². The van der Waals surface area contributed by atoms with Gasteiger partial charge in [-0.05, 0) is 46.4 Å². The minimum atomic E-state index is -5.08. The number of alkyl halides is 3. The average molecular weight is 636 g/mol. The van der Waals surface area contributed by atoms with Crippen molar-refractivity contribution in [1.29, 1.82) is 0 Å². The van der Waals surface area contributed by atoms with Crippen LogP contribution in [0.4, 0.5) is 13.2 Å². The molecule has 1 atom stereocenters. The van der Waals surface area contributed by atoms with Crippen molar-refractivity contribution in [2.45, 2.75) is 63.7 Å². The summed E-state index contributed by atoms with van der Waals surface area (Å²) in [5.74, 6) is -2.90. The summed E-state index contributed by atoms with van der Waals surface area (Å²) in [5.41, 5.74) is 9.61. The molecule has 236 valence electrons. The second-order valence-corrected chi connectivity index (χ2v) is 10.7. The lowest BCUT2D eigenvalue weighted by Crippen LogP contribution is -2.42. The lowest BCUT2D eigenvalue weighted by Gasteiger charge is -2.24. The van der Waals surface area contributed by atoms with Crippen LogP contribution in [0.2, 0.25) is 5.02 Å². The molecule has 5 N–H and O–H groups in total. The number of rotatable bonds is 9. The monoisotopic (exact) mass is 635 g/mol.